The number of aromatic nitrogens is 1. The van der Waals surface area contributed by atoms with Crippen molar-refractivity contribution in [1.29, 1.82) is 0 Å². The van der Waals surface area contributed by atoms with Crippen LogP contribution < -0.4 is 0 Å². The lowest BCUT2D eigenvalue weighted by Gasteiger charge is -2.11. The average molecular weight is 308 g/mol. The molecular formula is C11H12BrF2NO2. The Hall–Kier alpha value is -1.04. The number of nitrogens with zero attached hydrogens (tertiary/aromatic N) is 1. The van der Waals surface area contributed by atoms with Crippen LogP contribution in [0.15, 0.2) is 12.4 Å². The van der Waals surface area contributed by atoms with Gasteiger partial charge in [0.15, 0.2) is 0 Å². The minimum Gasteiger partial charge on any atom is -0.466 e. The fraction of sp³-hybridized carbons (Fsp3) is 0.455. The summed E-state index contributed by atoms with van der Waals surface area (Å²) in [6, 6.07) is 0. The van der Waals surface area contributed by atoms with Gasteiger partial charge < -0.3 is 4.74 Å². The first-order valence-electron chi connectivity index (χ1n) is 5.05. The third-order valence-electron chi connectivity index (χ3n) is 2.19. The summed E-state index contributed by atoms with van der Waals surface area (Å²) in [5, 5.41) is 0.254. The molecule has 0 amide bonds. The largest absolute Gasteiger partial charge is 0.466 e. The third-order valence-corrected chi connectivity index (χ3v) is 2.75. The van der Waals surface area contributed by atoms with Crippen LogP contribution in [0.3, 0.4) is 0 Å². The van der Waals surface area contributed by atoms with E-state index in [0.717, 1.165) is 6.20 Å². The topological polar surface area (TPSA) is 39.2 Å². The quantitative estimate of drug-likeness (QED) is 0.620. The van der Waals surface area contributed by atoms with E-state index in [9.17, 15) is 13.6 Å². The molecule has 0 aliphatic rings. The van der Waals surface area contributed by atoms with E-state index < -0.39 is 12.4 Å². The van der Waals surface area contributed by atoms with Gasteiger partial charge in [0.05, 0.1) is 13.0 Å². The highest BCUT2D eigenvalue weighted by Crippen LogP contribution is 2.26. The number of esters is 1. The van der Waals surface area contributed by atoms with Gasteiger partial charge in [0.1, 0.15) is 0 Å². The van der Waals surface area contributed by atoms with E-state index in [1.165, 1.54) is 6.20 Å². The molecule has 0 spiro atoms. The Morgan fingerprint density at radius 1 is 1.53 bits per heavy atom. The summed E-state index contributed by atoms with van der Waals surface area (Å²) >= 11 is 3.14. The van der Waals surface area contributed by atoms with Crippen molar-refractivity contribution < 1.29 is 18.3 Å². The standard InChI is InChI=1S/C11H12BrF2NO2/c1-2-17-10(16)3-7-5-15-6-9(11(13)14)8(7)4-12/h5-6,11H,2-4H2,1H3. The molecule has 3 nitrogen and oxygen atoms in total. The number of alkyl halides is 3. The first-order chi connectivity index (χ1) is 8.10. The summed E-state index contributed by atoms with van der Waals surface area (Å²) in [6.07, 6.45) is -0.102. The molecule has 1 aromatic heterocycles. The highest BCUT2D eigenvalue weighted by atomic mass is 79.9. The molecule has 1 aromatic rings. The van der Waals surface area contributed by atoms with Gasteiger partial charge in [-0.3, -0.25) is 9.78 Å². The molecule has 0 fully saturated rings. The predicted octanol–water partition coefficient (Wildman–Crippen LogP) is 3.02. The first kappa shape index (κ1) is 14.0. The van der Waals surface area contributed by atoms with Gasteiger partial charge in [0.25, 0.3) is 6.43 Å². The lowest BCUT2D eigenvalue weighted by molar-refractivity contribution is -0.142. The number of pyridine rings is 1. The molecule has 0 unspecified atom stereocenters. The van der Waals surface area contributed by atoms with E-state index in [1.54, 1.807) is 6.92 Å². The van der Waals surface area contributed by atoms with Crippen LogP contribution in [0.1, 0.15) is 30.0 Å². The fourth-order valence-electron chi connectivity index (χ4n) is 1.42. The molecule has 0 saturated heterocycles. The maximum atomic E-state index is 12.7. The molecular weight excluding hydrogens is 296 g/mol. The van der Waals surface area contributed by atoms with E-state index in [-0.39, 0.29) is 23.9 Å². The van der Waals surface area contributed by atoms with E-state index in [2.05, 4.69) is 20.9 Å². The number of halogens is 3. The molecule has 0 aliphatic heterocycles. The number of hydrogen-bond acceptors (Lipinski definition) is 3. The van der Waals surface area contributed by atoms with Gasteiger partial charge >= 0.3 is 5.97 Å². The summed E-state index contributed by atoms with van der Waals surface area (Å²) in [4.78, 5) is 15.0. The second-order valence-electron chi connectivity index (χ2n) is 3.28. The summed E-state index contributed by atoms with van der Waals surface area (Å²) in [6.45, 7) is 1.96. The van der Waals surface area contributed by atoms with Crippen molar-refractivity contribution >= 4 is 21.9 Å². The van der Waals surface area contributed by atoms with Gasteiger partial charge in [-0.15, -0.1) is 0 Å². The number of ether oxygens (including phenoxy) is 1. The van der Waals surface area contributed by atoms with Crippen LogP contribution in [0.4, 0.5) is 8.78 Å². The number of carbonyl (C=O) groups excluding carboxylic acids is 1. The van der Waals surface area contributed by atoms with Crippen molar-refractivity contribution in [3.63, 3.8) is 0 Å². The molecule has 0 atom stereocenters. The summed E-state index contributed by atoms with van der Waals surface area (Å²) in [5.41, 5.74) is 0.727. The Kier molecular flexibility index (Phi) is 5.47. The van der Waals surface area contributed by atoms with Crippen LogP contribution in [0, 0.1) is 0 Å². The molecule has 1 heterocycles. The normalized spacial score (nSPS) is 10.6. The number of hydrogen-bond donors (Lipinski definition) is 0. The highest BCUT2D eigenvalue weighted by Gasteiger charge is 2.17. The zero-order valence-corrected chi connectivity index (χ0v) is 10.8. The molecule has 0 radical (unpaired) electrons. The summed E-state index contributed by atoms with van der Waals surface area (Å²) in [7, 11) is 0. The maximum absolute atomic E-state index is 12.7. The van der Waals surface area contributed by atoms with Gasteiger partial charge in [-0.1, -0.05) is 15.9 Å². The monoisotopic (exact) mass is 307 g/mol. The zero-order valence-electron chi connectivity index (χ0n) is 9.25. The minimum absolute atomic E-state index is 0.0394. The Morgan fingerprint density at radius 2 is 2.24 bits per heavy atom. The van der Waals surface area contributed by atoms with Crippen molar-refractivity contribution in [1.82, 2.24) is 4.98 Å². The van der Waals surface area contributed by atoms with Gasteiger partial charge in [-0.25, -0.2) is 8.78 Å². The van der Waals surface area contributed by atoms with E-state index in [0.29, 0.717) is 11.1 Å². The average Bonchev–Trinajstić information content (AvgIpc) is 2.28. The molecule has 0 aromatic carbocycles. The number of carbonyl (C=O) groups is 1. The number of rotatable bonds is 5. The second-order valence-corrected chi connectivity index (χ2v) is 3.84. The molecule has 94 valence electrons. The molecule has 0 saturated carbocycles. The van der Waals surface area contributed by atoms with E-state index in [4.69, 9.17) is 4.74 Å². The molecule has 0 aliphatic carbocycles. The first-order valence-corrected chi connectivity index (χ1v) is 6.17. The van der Waals surface area contributed by atoms with E-state index in [1.807, 2.05) is 0 Å². The fourth-order valence-corrected chi connectivity index (χ4v) is 2.10. The molecule has 0 N–H and O–H groups in total. The van der Waals surface area contributed by atoms with Gasteiger partial charge in [0.2, 0.25) is 0 Å². The van der Waals surface area contributed by atoms with Crippen molar-refractivity contribution in [2.45, 2.75) is 25.1 Å². The Morgan fingerprint density at radius 3 is 2.76 bits per heavy atom. The molecule has 6 heteroatoms. The lowest BCUT2D eigenvalue weighted by atomic mass is 10.0. The highest BCUT2D eigenvalue weighted by molar-refractivity contribution is 9.08. The summed E-state index contributed by atoms with van der Waals surface area (Å²) < 4.78 is 30.2. The smallest absolute Gasteiger partial charge is 0.310 e. The van der Waals surface area contributed by atoms with Crippen molar-refractivity contribution in [2.75, 3.05) is 6.61 Å². The van der Waals surface area contributed by atoms with Crippen molar-refractivity contribution in [2.24, 2.45) is 0 Å². The Labute approximate surface area is 106 Å². The van der Waals surface area contributed by atoms with Crippen molar-refractivity contribution in [3.8, 4) is 0 Å². The SMILES string of the molecule is CCOC(=O)Cc1cncc(C(F)F)c1CBr. The second kappa shape index (κ2) is 6.64. The van der Waals surface area contributed by atoms with E-state index >= 15 is 0 Å². The van der Waals surface area contributed by atoms with Gasteiger partial charge in [0, 0.05) is 23.3 Å². The predicted molar refractivity (Wildman–Crippen MR) is 62.2 cm³/mol. The Balaban J connectivity index is 2.99. The molecule has 1 rings (SSSR count). The third kappa shape index (κ3) is 3.73. The van der Waals surface area contributed by atoms with Gasteiger partial charge in [-0.05, 0) is 18.1 Å². The van der Waals surface area contributed by atoms with Crippen LogP contribution in [-0.2, 0) is 21.3 Å². The minimum atomic E-state index is -2.60. The van der Waals surface area contributed by atoms with Crippen LogP contribution in [-0.4, -0.2) is 17.6 Å². The van der Waals surface area contributed by atoms with Crippen LogP contribution in [0.2, 0.25) is 0 Å². The van der Waals surface area contributed by atoms with Crippen LogP contribution in [0.25, 0.3) is 0 Å². The van der Waals surface area contributed by atoms with Crippen LogP contribution >= 0.6 is 15.9 Å². The molecule has 17 heavy (non-hydrogen) atoms. The molecule has 0 bridgehead atoms. The van der Waals surface area contributed by atoms with Crippen LogP contribution in [0.5, 0.6) is 0 Å². The van der Waals surface area contributed by atoms with Crippen molar-refractivity contribution in [3.05, 3.63) is 29.1 Å². The Bertz CT molecular complexity index is 399. The summed E-state index contributed by atoms with van der Waals surface area (Å²) in [5.74, 6) is -0.442. The maximum Gasteiger partial charge on any atom is 0.310 e. The zero-order chi connectivity index (χ0) is 12.8. The lowest BCUT2D eigenvalue weighted by Crippen LogP contribution is -2.10. The van der Waals surface area contributed by atoms with Gasteiger partial charge in [-0.2, -0.15) is 0 Å².